The van der Waals surface area contributed by atoms with Gasteiger partial charge in [-0.1, -0.05) is 0 Å². The smallest absolute Gasteiger partial charge is 0.416 e. The van der Waals surface area contributed by atoms with Crippen LogP contribution in [0.25, 0.3) is 5.65 Å². The normalized spacial score (nSPS) is 19.7. The molecule has 15 heteroatoms. The topological polar surface area (TPSA) is 116 Å². The summed E-state index contributed by atoms with van der Waals surface area (Å²) >= 11 is 0. The van der Waals surface area contributed by atoms with E-state index in [1.54, 1.807) is 33.0 Å². The molecule has 0 aromatic carbocycles. The molecule has 1 saturated heterocycles. The van der Waals surface area contributed by atoms with Gasteiger partial charge in [0.2, 0.25) is 11.8 Å². The Hall–Kier alpha value is -3.07. The number of alkyl halides is 5. The van der Waals surface area contributed by atoms with Gasteiger partial charge >= 0.3 is 12.3 Å². The maximum Gasteiger partial charge on any atom is 0.416 e. The second-order valence-corrected chi connectivity index (χ2v) is 13.1. The highest BCUT2D eigenvalue weighted by Crippen LogP contribution is 2.44. The van der Waals surface area contributed by atoms with Crippen molar-refractivity contribution in [3.63, 3.8) is 0 Å². The zero-order valence-electron chi connectivity index (χ0n) is 25.5. The Morgan fingerprint density at radius 3 is 2.36 bits per heavy atom. The van der Waals surface area contributed by atoms with Gasteiger partial charge in [0, 0.05) is 32.5 Å². The number of imidazole rings is 1. The lowest BCUT2D eigenvalue weighted by Gasteiger charge is -2.35. The first-order valence-electron chi connectivity index (χ1n) is 14.6. The van der Waals surface area contributed by atoms with E-state index in [9.17, 15) is 31.5 Å². The van der Waals surface area contributed by atoms with Crippen molar-refractivity contribution in [1.82, 2.24) is 25.2 Å². The molecule has 3 heterocycles. The van der Waals surface area contributed by atoms with Crippen molar-refractivity contribution in [3.8, 4) is 0 Å². The highest BCUT2D eigenvalue weighted by molar-refractivity contribution is 5.77. The van der Waals surface area contributed by atoms with E-state index < -0.39 is 48.1 Å². The van der Waals surface area contributed by atoms with Gasteiger partial charge in [-0.25, -0.2) is 23.1 Å². The third-order valence-electron chi connectivity index (χ3n) is 7.76. The molecule has 10 nitrogen and oxygen atoms in total. The summed E-state index contributed by atoms with van der Waals surface area (Å²) in [4.78, 5) is 30.0. The summed E-state index contributed by atoms with van der Waals surface area (Å²) in [6.07, 6.45) is -1.83. The Morgan fingerprint density at radius 2 is 1.77 bits per heavy atom. The van der Waals surface area contributed by atoms with Gasteiger partial charge in [-0.3, -0.25) is 4.79 Å². The van der Waals surface area contributed by atoms with Gasteiger partial charge in [0.25, 0.3) is 0 Å². The minimum atomic E-state index is -4.66. The van der Waals surface area contributed by atoms with E-state index in [4.69, 9.17) is 14.2 Å². The predicted molar refractivity (Wildman–Crippen MR) is 148 cm³/mol. The summed E-state index contributed by atoms with van der Waals surface area (Å²) in [6, 6.07) is 0.0823. The number of amides is 2. The first-order chi connectivity index (χ1) is 20.3. The van der Waals surface area contributed by atoms with Crippen LogP contribution in [0.2, 0.25) is 0 Å². The Kier molecular flexibility index (Phi) is 9.79. The van der Waals surface area contributed by atoms with Crippen LogP contribution in [-0.2, 0) is 19.0 Å². The molecule has 2 atom stereocenters. The standard InChI is InChI=1S/C29H40F5N5O5/c1-26(2,3)44-25(41)37-21(16-43-27(4,5)29(32,33)34)20-15-39-22(36-20)11-19(14-35-39)24(18-6-8-42-9-7-18)38-23(40)10-17-12-28(30,31)13-17/h11,14-15,17-18,21,24H,6-10,12-13,16H2,1-5H3,(H,37,41)(H,38,40)/t21-,24?/m0/s1. The van der Waals surface area contributed by atoms with Gasteiger partial charge in [-0.15, -0.1) is 0 Å². The highest BCUT2D eigenvalue weighted by atomic mass is 19.4. The fraction of sp³-hybridized carbons (Fsp3) is 0.724. The van der Waals surface area contributed by atoms with E-state index in [1.165, 1.54) is 10.7 Å². The van der Waals surface area contributed by atoms with Gasteiger partial charge < -0.3 is 24.8 Å². The average molecular weight is 634 g/mol. The van der Waals surface area contributed by atoms with Gasteiger partial charge in [-0.05, 0) is 70.9 Å². The Morgan fingerprint density at radius 1 is 1.11 bits per heavy atom. The lowest BCUT2D eigenvalue weighted by molar-refractivity contribution is -0.265. The predicted octanol–water partition coefficient (Wildman–Crippen LogP) is 5.67. The van der Waals surface area contributed by atoms with Gasteiger partial charge in [0.1, 0.15) is 5.60 Å². The molecule has 246 valence electrons. The van der Waals surface area contributed by atoms with Crippen LogP contribution in [0.1, 0.15) is 90.1 Å². The second kappa shape index (κ2) is 12.7. The van der Waals surface area contributed by atoms with E-state index in [1.807, 2.05) is 0 Å². The quantitative estimate of drug-likeness (QED) is 0.324. The van der Waals surface area contributed by atoms with E-state index in [0.29, 0.717) is 37.3 Å². The number of nitrogens with zero attached hydrogens (tertiary/aromatic N) is 3. The molecule has 4 rings (SSSR count). The molecule has 1 unspecified atom stereocenters. The van der Waals surface area contributed by atoms with Crippen LogP contribution >= 0.6 is 0 Å². The molecule has 44 heavy (non-hydrogen) atoms. The molecular formula is C29H40F5N5O5. The maximum absolute atomic E-state index is 13.5. The summed E-state index contributed by atoms with van der Waals surface area (Å²) in [5.74, 6) is -3.44. The first-order valence-corrected chi connectivity index (χ1v) is 14.6. The highest BCUT2D eigenvalue weighted by Gasteiger charge is 2.49. The molecule has 0 bridgehead atoms. The van der Waals surface area contributed by atoms with Crippen LogP contribution in [0.15, 0.2) is 18.5 Å². The maximum atomic E-state index is 13.5. The fourth-order valence-electron chi connectivity index (χ4n) is 5.22. The zero-order chi connectivity index (χ0) is 32.5. The van der Waals surface area contributed by atoms with Crippen LogP contribution in [0.3, 0.4) is 0 Å². The van der Waals surface area contributed by atoms with Gasteiger partial charge in [-0.2, -0.15) is 18.3 Å². The SMILES string of the molecule is CC(C)(C)OC(=O)N[C@@H](COC(C)(C)C(F)(F)F)c1cn2ncc(C(NC(=O)CC3CC(F)(F)C3)C3CCOCC3)cc2n1. The minimum absolute atomic E-state index is 0.00574. The third kappa shape index (κ3) is 8.77. The van der Waals surface area contributed by atoms with Crippen molar-refractivity contribution in [1.29, 1.82) is 0 Å². The summed E-state index contributed by atoms with van der Waals surface area (Å²) in [5, 5.41) is 9.96. The minimum Gasteiger partial charge on any atom is -0.444 e. The number of carbonyl (C=O) groups excluding carboxylic acids is 2. The number of nitrogens with one attached hydrogen (secondary N) is 2. The molecule has 1 aliphatic heterocycles. The van der Waals surface area contributed by atoms with Crippen molar-refractivity contribution in [2.75, 3.05) is 19.8 Å². The molecular weight excluding hydrogens is 593 g/mol. The molecule has 2 aromatic rings. The number of carbonyl (C=O) groups is 2. The van der Waals surface area contributed by atoms with Crippen LogP contribution in [-0.4, -0.2) is 69.7 Å². The van der Waals surface area contributed by atoms with Crippen molar-refractivity contribution >= 4 is 17.6 Å². The molecule has 2 amide bonds. The number of rotatable bonds is 10. The number of aromatic nitrogens is 3. The molecule has 0 radical (unpaired) electrons. The number of hydrogen-bond acceptors (Lipinski definition) is 7. The number of hydrogen-bond donors (Lipinski definition) is 2. The number of ether oxygens (including phenoxy) is 3. The molecule has 1 saturated carbocycles. The summed E-state index contributed by atoms with van der Waals surface area (Å²) in [7, 11) is 0. The van der Waals surface area contributed by atoms with Gasteiger partial charge in [0.05, 0.1) is 36.8 Å². The Labute approximate surface area is 252 Å². The van der Waals surface area contributed by atoms with Crippen LogP contribution in [0, 0.1) is 11.8 Å². The lowest BCUT2D eigenvalue weighted by Crippen LogP contribution is -2.44. The van der Waals surface area contributed by atoms with E-state index in [0.717, 1.165) is 13.8 Å². The van der Waals surface area contributed by atoms with Crippen molar-refractivity contribution < 1.29 is 45.8 Å². The van der Waals surface area contributed by atoms with Crippen molar-refractivity contribution in [2.45, 2.75) is 102 Å². The zero-order valence-corrected chi connectivity index (χ0v) is 25.5. The Bertz CT molecular complexity index is 1310. The molecule has 2 fully saturated rings. The van der Waals surface area contributed by atoms with Crippen molar-refractivity contribution in [3.05, 3.63) is 29.7 Å². The van der Waals surface area contributed by atoms with E-state index >= 15 is 0 Å². The van der Waals surface area contributed by atoms with Gasteiger partial charge in [0.15, 0.2) is 11.2 Å². The summed E-state index contributed by atoms with van der Waals surface area (Å²) in [5.41, 5.74) is -2.25. The van der Waals surface area contributed by atoms with Crippen LogP contribution in [0.5, 0.6) is 0 Å². The van der Waals surface area contributed by atoms with Crippen molar-refractivity contribution in [2.24, 2.45) is 11.8 Å². The molecule has 1 aliphatic carbocycles. The largest absolute Gasteiger partial charge is 0.444 e. The van der Waals surface area contributed by atoms with Crippen LogP contribution in [0.4, 0.5) is 26.7 Å². The average Bonchev–Trinajstić information content (AvgIpc) is 3.31. The fourth-order valence-corrected chi connectivity index (χ4v) is 5.22. The molecule has 2 N–H and O–H groups in total. The summed E-state index contributed by atoms with van der Waals surface area (Å²) in [6.45, 7) is 7.15. The lowest BCUT2D eigenvalue weighted by atomic mass is 9.79. The van der Waals surface area contributed by atoms with E-state index in [2.05, 4.69) is 20.7 Å². The summed E-state index contributed by atoms with van der Waals surface area (Å²) < 4.78 is 84.5. The van der Waals surface area contributed by atoms with E-state index in [-0.39, 0.29) is 42.7 Å². The first kappa shape index (κ1) is 33.8. The second-order valence-electron chi connectivity index (χ2n) is 13.1. The molecule has 0 spiro atoms. The third-order valence-corrected chi connectivity index (χ3v) is 7.76. The monoisotopic (exact) mass is 633 g/mol. The molecule has 2 aromatic heterocycles. The Balaban J connectivity index is 1.58. The number of fused-ring (bicyclic) bond motifs is 1. The molecule has 2 aliphatic rings. The number of halogens is 5. The number of alkyl carbamates (subject to hydrolysis) is 1. The van der Waals surface area contributed by atoms with Crippen LogP contribution < -0.4 is 10.6 Å².